The molecule has 0 aromatic heterocycles. The molecule has 1 aromatic carbocycles. The van der Waals surface area contributed by atoms with E-state index >= 15 is 0 Å². The van der Waals surface area contributed by atoms with Crippen molar-refractivity contribution >= 4 is 11.6 Å². The van der Waals surface area contributed by atoms with E-state index in [1.54, 1.807) is 45.9 Å². The first-order valence-electron chi connectivity index (χ1n) is 6.07. The molecule has 0 heterocycles. The SMILES string of the molecule is COc1ccc(N)cc1C(=O)NC(C)(C)C(C)(C)O. The van der Waals surface area contributed by atoms with Crippen LogP contribution < -0.4 is 15.8 Å². The quantitative estimate of drug-likeness (QED) is 0.722. The van der Waals surface area contributed by atoms with Crippen LogP contribution in [0.15, 0.2) is 18.2 Å². The van der Waals surface area contributed by atoms with Crippen LogP contribution in [0, 0.1) is 0 Å². The summed E-state index contributed by atoms with van der Waals surface area (Å²) in [7, 11) is 1.49. The summed E-state index contributed by atoms with van der Waals surface area (Å²) < 4.78 is 5.14. The third-order valence-electron chi connectivity index (χ3n) is 3.42. The molecule has 4 N–H and O–H groups in total. The second-order valence-corrected chi connectivity index (χ2v) is 5.60. The minimum atomic E-state index is -1.06. The van der Waals surface area contributed by atoms with Crippen LogP contribution >= 0.6 is 0 Å². The molecule has 1 rings (SSSR count). The van der Waals surface area contributed by atoms with Gasteiger partial charge in [-0.1, -0.05) is 0 Å². The van der Waals surface area contributed by atoms with E-state index in [0.717, 1.165) is 0 Å². The maximum absolute atomic E-state index is 12.3. The molecule has 1 amide bonds. The van der Waals surface area contributed by atoms with Crippen molar-refractivity contribution in [2.45, 2.75) is 38.8 Å². The standard InChI is InChI=1S/C14H22N2O3/c1-13(2,14(3,4)18)16-12(17)10-8-9(15)6-7-11(10)19-5/h6-8,18H,15H2,1-5H3,(H,16,17). The number of rotatable bonds is 4. The van der Waals surface area contributed by atoms with Gasteiger partial charge < -0.3 is 20.9 Å². The van der Waals surface area contributed by atoms with Gasteiger partial charge in [0.2, 0.25) is 0 Å². The van der Waals surface area contributed by atoms with E-state index in [0.29, 0.717) is 17.0 Å². The number of ether oxygens (including phenoxy) is 1. The van der Waals surface area contributed by atoms with E-state index in [1.165, 1.54) is 7.11 Å². The minimum Gasteiger partial charge on any atom is -0.496 e. The maximum Gasteiger partial charge on any atom is 0.255 e. The molecule has 0 fully saturated rings. The van der Waals surface area contributed by atoms with Crippen LogP contribution in [-0.2, 0) is 0 Å². The summed E-state index contributed by atoms with van der Waals surface area (Å²) >= 11 is 0. The molecule has 0 saturated heterocycles. The first-order chi connectivity index (χ1) is 8.58. The molecule has 0 aliphatic heterocycles. The van der Waals surface area contributed by atoms with Crippen LogP contribution in [0.25, 0.3) is 0 Å². The van der Waals surface area contributed by atoms with Crippen LogP contribution in [0.3, 0.4) is 0 Å². The van der Waals surface area contributed by atoms with Crippen molar-refractivity contribution in [3.8, 4) is 5.75 Å². The first-order valence-corrected chi connectivity index (χ1v) is 6.07. The third kappa shape index (κ3) is 3.38. The molecule has 0 bridgehead atoms. The Hall–Kier alpha value is -1.75. The zero-order valence-electron chi connectivity index (χ0n) is 12.1. The first kappa shape index (κ1) is 15.3. The lowest BCUT2D eigenvalue weighted by Crippen LogP contribution is -2.57. The molecule has 5 heteroatoms. The number of benzene rings is 1. The van der Waals surface area contributed by atoms with E-state index in [4.69, 9.17) is 10.5 Å². The van der Waals surface area contributed by atoms with Crippen molar-refractivity contribution < 1.29 is 14.6 Å². The predicted octanol–water partition coefficient (Wildman–Crippen LogP) is 1.56. The summed E-state index contributed by atoms with van der Waals surface area (Å²) in [6.45, 7) is 6.79. The average Bonchev–Trinajstić information content (AvgIpc) is 2.26. The molecular weight excluding hydrogens is 244 g/mol. The highest BCUT2D eigenvalue weighted by molar-refractivity contribution is 5.98. The lowest BCUT2D eigenvalue weighted by atomic mass is 9.85. The number of hydrogen-bond acceptors (Lipinski definition) is 4. The van der Waals surface area contributed by atoms with Gasteiger partial charge in [0.1, 0.15) is 5.75 Å². The zero-order valence-corrected chi connectivity index (χ0v) is 12.1. The number of hydrogen-bond donors (Lipinski definition) is 3. The largest absolute Gasteiger partial charge is 0.496 e. The lowest BCUT2D eigenvalue weighted by Gasteiger charge is -2.38. The van der Waals surface area contributed by atoms with Crippen LogP contribution in [-0.4, -0.2) is 29.3 Å². The van der Waals surface area contributed by atoms with Gasteiger partial charge >= 0.3 is 0 Å². The fourth-order valence-corrected chi connectivity index (χ4v) is 1.41. The van der Waals surface area contributed by atoms with Crippen LogP contribution in [0.2, 0.25) is 0 Å². The summed E-state index contributed by atoms with van der Waals surface area (Å²) in [4.78, 5) is 12.3. The number of carbonyl (C=O) groups is 1. The van der Waals surface area contributed by atoms with Crippen molar-refractivity contribution in [1.29, 1.82) is 0 Å². The number of aliphatic hydroxyl groups is 1. The molecule has 5 nitrogen and oxygen atoms in total. The smallest absolute Gasteiger partial charge is 0.255 e. The lowest BCUT2D eigenvalue weighted by molar-refractivity contribution is -0.00297. The second-order valence-electron chi connectivity index (χ2n) is 5.60. The van der Waals surface area contributed by atoms with Gasteiger partial charge in [-0.25, -0.2) is 0 Å². The van der Waals surface area contributed by atoms with E-state index in [2.05, 4.69) is 5.32 Å². The predicted molar refractivity (Wildman–Crippen MR) is 75.2 cm³/mol. The molecule has 1 aromatic rings. The number of nitrogen functional groups attached to an aromatic ring is 1. The van der Waals surface area contributed by atoms with Crippen LogP contribution in [0.5, 0.6) is 5.75 Å². The van der Waals surface area contributed by atoms with E-state index < -0.39 is 11.1 Å². The fraction of sp³-hybridized carbons (Fsp3) is 0.500. The van der Waals surface area contributed by atoms with Crippen molar-refractivity contribution in [3.63, 3.8) is 0 Å². The number of carbonyl (C=O) groups excluding carboxylic acids is 1. The Morgan fingerprint density at radius 2 is 1.89 bits per heavy atom. The van der Waals surface area contributed by atoms with Gasteiger partial charge in [-0.2, -0.15) is 0 Å². The van der Waals surface area contributed by atoms with E-state index in [1.807, 2.05) is 0 Å². The minimum absolute atomic E-state index is 0.337. The van der Waals surface area contributed by atoms with Gasteiger partial charge in [0.15, 0.2) is 0 Å². The number of nitrogens with two attached hydrogens (primary N) is 1. The van der Waals surface area contributed by atoms with E-state index in [-0.39, 0.29) is 5.91 Å². The highest BCUT2D eigenvalue weighted by Gasteiger charge is 2.36. The Kier molecular flexibility index (Phi) is 4.10. The Labute approximate surface area is 113 Å². The Morgan fingerprint density at radius 3 is 2.37 bits per heavy atom. The van der Waals surface area contributed by atoms with Gasteiger partial charge in [-0.3, -0.25) is 4.79 Å². The summed E-state index contributed by atoms with van der Waals surface area (Å²) in [6, 6.07) is 4.85. The molecule has 0 aliphatic rings. The average molecular weight is 266 g/mol. The van der Waals surface area contributed by atoms with Gasteiger partial charge in [0.05, 0.1) is 23.8 Å². The second kappa shape index (κ2) is 5.09. The summed E-state index contributed by atoms with van der Waals surface area (Å²) in [6.07, 6.45) is 0. The summed E-state index contributed by atoms with van der Waals surface area (Å²) in [5, 5.41) is 12.8. The van der Waals surface area contributed by atoms with Crippen LogP contribution in [0.4, 0.5) is 5.69 Å². The van der Waals surface area contributed by atoms with E-state index in [9.17, 15) is 9.90 Å². The molecule has 106 valence electrons. The zero-order chi connectivity index (χ0) is 14.8. The Bertz CT molecular complexity index is 476. The van der Waals surface area contributed by atoms with Gasteiger partial charge in [-0.05, 0) is 45.9 Å². The number of methoxy groups -OCH3 is 1. The molecular formula is C14H22N2O3. The highest BCUT2D eigenvalue weighted by atomic mass is 16.5. The van der Waals surface area contributed by atoms with Crippen LogP contribution in [0.1, 0.15) is 38.1 Å². The molecule has 0 spiro atoms. The normalized spacial score (nSPS) is 12.1. The number of amides is 1. The maximum atomic E-state index is 12.3. The van der Waals surface area contributed by atoms with Gasteiger partial charge in [0.25, 0.3) is 5.91 Å². The van der Waals surface area contributed by atoms with Crippen molar-refractivity contribution in [1.82, 2.24) is 5.32 Å². The number of anilines is 1. The van der Waals surface area contributed by atoms with Crippen molar-refractivity contribution in [2.24, 2.45) is 0 Å². The Balaban J connectivity index is 3.05. The summed E-state index contributed by atoms with van der Waals surface area (Å²) in [5.41, 5.74) is 4.66. The third-order valence-corrected chi connectivity index (χ3v) is 3.42. The molecule has 0 saturated carbocycles. The van der Waals surface area contributed by atoms with Gasteiger partial charge in [0, 0.05) is 5.69 Å². The highest BCUT2D eigenvalue weighted by Crippen LogP contribution is 2.25. The molecule has 19 heavy (non-hydrogen) atoms. The van der Waals surface area contributed by atoms with Crippen molar-refractivity contribution in [2.75, 3.05) is 12.8 Å². The molecule has 0 radical (unpaired) electrons. The van der Waals surface area contributed by atoms with Gasteiger partial charge in [-0.15, -0.1) is 0 Å². The molecule has 0 atom stereocenters. The topological polar surface area (TPSA) is 84.6 Å². The molecule has 0 aliphatic carbocycles. The monoisotopic (exact) mass is 266 g/mol. The number of nitrogens with one attached hydrogen (secondary N) is 1. The summed E-state index contributed by atoms with van der Waals surface area (Å²) in [5.74, 6) is 0.106. The molecule has 0 unspecified atom stereocenters. The fourth-order valence-electron chi connectivity index (χ4n) is 1.41. The van der Waals surface area contributed by atoms with Crippen molar-refractivity contribution in [3.05, 3.63) is 23.8 Å². The Morgan fingerprint density at radius 1 is 1.32 bits per heavy atom.